The fourth-order valence-electron chi connectivity index (χ4n) is 5.14. The van der Waals surface area contributed by atoms with Crippen molar-refractivity contribution in [2.45, 2.75) is 60.3 Å². The van der Waals surface area contributed by atoms with Crippen molar-refractivity contribution in [3.8, 4) is 0 Å². The molecule has 88 valence electrons. The number of hydrogen-bond acceptors (Lipinski definition) is 0. The van der Waals surface area contributed by atoms with Gasteiger partial charge in [0.25, 0.3) is 0 Å². The Morgan fingerprint density at radius 1 is 1.27 bits per heavy atom. The van der Waals surface area contributed by atoms with Gasteiger partial charge in [0.05, 0.1) is 0 Å². The Kier molecular flexibility index (Phi) is 2.90. The molecule has 0 amide bonds. The van der Waals surface area contributed by atoms with Crippen molar-refractivity contribution in [1.82, 2.24) is 0 Å². The van der Waals surface area contributed by atoms with E-state index in [1.165, 1.54) is 25.7 Å². The first-order chi connectivity index (χ1) is 7.10. The second-order valence-electron chi connectivity index (χ2n) is 6.39. The highest BCUT2D eigenvalue weighted by Gasteiger charge is 2.74. The molecule has 0 bridgehead atoms. The first-order valence-corrected chi connectivity index (χ1v) is 7.10. The van der Waals surface area contributed by atoms with Gasteiger partial charge in [0, 0.05) is 0 Å². The smallest absolute Gasteiger partial charge is 0.0181 e. The molecule has 2 fully saturated rings. The first-order valence-electron chi connectivity index (χ1n) is 7.10. The molecule has 2 aliphatic carbocycles. The van der Waals surface area contributed by atoms with Gasteiger partial charge < -0.3 is 0 Å². The van der Waals surface area contributed by atoms with Crippen LogP contribution in [-0.2, 0) is 0 Å². The maximum Gasteiger partial charge on any atom is -0.0181 e. The molecule has 0 heterocycles. The zero-order chi connectivity index (χ0) is 11.2. The average Bonchev–Trinajstić information content (AvgIpc) is 2.76. The monoisotopic (exact) mass is 208 g/mol. The fraction of sp³-hybridized carbons (Fsp3) is 1.00. The Labute approximate surface area is 95.8 Å². The van der Waals surface area contributed by atoms with E-state index in [1.807, 2.05) is 0 Å². The van der Waals surface area contributed by atoms with Gasteiger partial charge in [-0.05, 0) is 41.4 Å². The molecule has 5 atom stereocenters. The van der Waals surface area contributed by atoms with Crippen LogP contribution in [-0.4, -0.2) is 0 Å². The predicted molar refractivity (Wildman–Crippen MR) is 66.7 cm³/mol. The maximum atomic E-state index is 2.48. The van der Waals surface area contributed by atoms with Crippen LogP contribution >= 0.6 is 0 Å². The third kappa shape index (κ3) is 1.33. The minimum Gasteiger partial charge on any atom is -0.0654 e. The summed E-state index contributed by atoms with van der Waals surface area (Å²) in [5.74, 6) is 5.18. The Hall–Kier alpha value is 0. The van der Waals surface area contributed by atoms with E-state index < -0.39 is 0 Å². The second kappa shape index (κ2) is 3.79. The van der Waals surface area contributed by atoms with E-state index in [-0.39, 0.29) is 0 Å². The van der Waals surface area contributed by atoms with Crippen LogP contribution in [0.15, 0.2) is 0 Å². The molecular formula is C15H28. The molecule has 0 nitrogen and oxygen atoms in total. The molecule has 5 unspecified atom stereocenters. The summed E-state index contributed by atoms with van der Waals surface area (Å²) < 4.78 is 0. The third-order valence-corrected chi connectivity index (χ3v) is 5.62. The normalized spacial score (nSPS) is 44.8. The predicted octanol–water partition coefficient (Wildman–Crippen LogP) is 4.74. The summed E-state index contributed by atoms with van der Waals surface area (Å²) in [5, 5.41) is 0. The van der Waals surface area contributed by atoms with Crippen molar-refractivity contribution in [3.05, 3.63) is 0 Å². The Morgan fingerprint density at radius 2 is 1.93 bits per heavy atom. The second-order valence-corrected chi connectivity index (χ2v) is 6.39. The average molecular weight is 208 g/mol. The van der Waals surface area contributed by atoms with Crippen LogP contribution in [0.5, 0.6) is 0 Å². The molecule has 0 aromatic carbocycles. The molecule has 0 N–H and O–H groups in total. The Bertz CT molecular complexity index is 230. The van der Waals surface area contributed by atoms with Gasteiger partial charge in [-0.3, -0.25) is 0 Å². The summed E-state index contributed by atoms with van der Waals surface area (Å²) in [6.07, 6.45) is 5.78. The Morgan fingerprint density at radius 3 is 2.20 bits per heavy atom. The quantitative estimate of drug-likeness (QED) is 0.612. The van der Waals surface area contributed by atoms with Gasteiger partial charge in [0.1, 0.15) is 0 Å². The Balaban J connectivity index is 2.14. The summed E-state index contributed by atoms with van der Waals surface area (Å²) in [5.41, 5.74) is 0.768. The van der Waals surface area contributed by atoms with Crippen molar-refractivity contribution < 1.29 is 0 Å². The van der Waals surface area contributed by atoms with Gasteiger partial charge in [-0.1, -0.05) is 53.9 Å². The van der Waals surface area contributed by atoms with Crippen molar-refractivity contribution in [2.24, 2.45) is 35.0 Å². The lowest BCUT2D eigenvalue weighted by atomic mass is 9.74. The SMILES string of the molecule is CCCC(CC)C1(C(C)C)C2CC(C)C21. The van der Waals surface area contributed by atoms with Gasteiger partial charge >= 0.3 is 0 Å². The van der Waals surface area contributed by atoms with Gasteiger partial charge in [-0.2, -0.15) is 0 Å². The van der Waals surface area contributed by atoms with Crippen LogP contribution in [0.4, 0.5) is 0 Å². The van der Waals surface area contributed by atoms with E-state index in [2.05, 4.69) is 34.6 Å². The van der Waals surface area contributed by atoms with E-state index in [0.717, 1.165) is 35.0 Å². The fourth-order valence-corrected chi connectivity index (χ4v) is 5.14. The molecule has 0 heteroatoms. The topological polar surface area (TPSA) is 0 Å². The van der Waals surface area contributed by atoms with Crippen LogP contribution < -0.4 is 0 Å². The highest BCUT2D eigenvalue weighted by molar-refractivity contribution is 5.22. The standard InChI is InChI=1S/C15H28/c1-6-8-12(7-2)15(10(3)4)13-9-11(5)14(13)15/h10-14H,6-9H2,1-5H3. The van der Waals surface area contributed by atoms with E-state index in [1.54, 1.807) is 0 Å². The molecule has 2 aliphatic rings. The highest BCUT2D eigenvalue weighted by Crippen LogP contribution is 2.79. The lowest BCUT2D eigenvalue weighted by molar-refractivity contribution is 0.178. The zero-order valence-corrected chi connectivity index (χ0v) is 11.2. The van der Waals surface area contributed by atoms with Gasteiger partial charge in [0.2, 0.25) is 0 Å². The first kappa shape index (κ1) is 11.5. The van der Waals surface area contributed by atoms with Crippen molar-refractivity contribution >= 4 is 0 Å². The van der Waals surface area contributed by atoms with E-state index in [9.17, 15) is 0 Å². The molecule has 0 spiro atoms. The molecule has 0 aliphatic heterocycles. The molecule has 2 rings (SSSR count). The molecule has 2 saturated carbocycles. The molecule has 0 radical (unpaired) electrons. The van der Waals surface area contributed by atoms with Crippen LogP contribution in [0.2, 0.25) is 0 Å². The molecule has 15 heavy (non-hydrogen) atoms. The molecule has 0 aromatic rings. The summed E-state index contributed by atoms with van der Waals surface area (Å²) in [6, 6.07) is 0. The van der Waals surface area contributed by atoms with Crippen LogP contribution in [0.1, 0.15) is 60.3 Å². The van der Waals surface area contributed by atoms with Gasteiger partial charge in [-0.25, -0.2) is 0 Å². The third-order valence-electron chi connectivity index (χ3n) is 5.62. The van der Waals surface area contributed by atoms with Crippen molar-refractivity contribution in [1.29, 1.82) is 0 Å². The van der Waals surface area contributed by atoms with Crippen LogP contribution in [0, 0.1) is 35.0 Å². The number of rotatable bonds is 5. The number of fused-ring (bicyclic) bond motifs is 1. The summed E-state index contributed by atoms with van der Waals surface area (Å²) in [4.78, 5) is 0. The van der Waals surface area contributed by atoms with E-state index in [0.29, 0.717) is 0 Å². The van der Waals surface area contributed by atoms with Crippen LogP contribution in [0.25, 0.3) is 0 Å². The van der Waals surface area contributed by atoms with E-state index in [4.69, 9.17) is 0 Å². The highest BCUT2D eigenvalue weighted by atomic mass is 14.8. The minimum atomic E-state index is 0.768. The largest absolute Gasteiger partial charge is 0.0654 e. The van der Waals surface area contributed by atoms with E-state index >= 15 is 0 Å². The van der Waals surface area contributed by atoms with Crippen molar-refractivity contribution in [3.63, 3.8) is 0 Å². The molecule has 0 saturated heterocycles. The lowest BCUT2D eigenvalue weighted by Gasteiger charge is -2.31. The van der Waals surface area contributed by atoms with Crippen LogP contribution in [0.3, 0.4) is 0 Å². The minimum absolute atomic E-state index is 0.768. The summed E-state index contributed by atoms with van der Waals surface area (Å²) in [6.45, 7) is 12.2. The number of hydrogen-bond donors (Lipinski definition) is 0. The maximum absolute atomic E-state index is 2.48. The van der Waals surface area contributed by atoms with Gasteiger partial charge in [0.15, 0.2) is 0 Å². The lowest BCUT2D eigenvalue weighted by Crippen LogP contribution is -2.24. The molecular weight excluding hydrogens is 180 g/mol. The molecule has 0 aromatic heterocycles. The summed E-state index contributed by atoms with van der Waals surface area (Å²) in [7, 11) is 0. The zero-order valence-electron chi connectivity index (χ0n) is 11.2. The summed E-state index contributed by atoms with van der Waals surface area (Å²) >= 11 is 0. The van der Waals surface area contributed by atoms with Gasteiger partial charge in [-0.15, -0.1) is 0 Å². The van der Waals surface area contributed by atoms with Crippen molar-refractivity contribution in [2.75, 3.05) is 0 Å².